The standard InChI is InChI=1S/C12H14IN3O/c1-17-11-4-2-9(3-5-11)12(6-14)16-8-10(13)7-15-16/h2-5,7-8,12H,6,14H2,1H3. The minimum Gasteiger partial charge on any atom is -0.497 e. The van der Waals surface area contributed by atoms with Crippen molar-refractivity contribution in [3.05, 3.63) is 45.8 Å². The van der Waals surface area contributed by atoms with Crippen LogP contribution < -0.4 is 10.5 Å². The summed E-state index contributed by atoms with van der Waals surface area (Å²) >= 11 is 2.24. The number of nitrogens with zero attached hydrogens (tertiary/aromatic N) is 2. The first-order valence-electron chi connectivity index (χ1n) is 5.28. The molecule has 0 saturated carbocycles. The number of nitrogens with two attached hydrogens (primary N) is 1. The fraction of sp³-hybridized carbons (Fsp3) is 0.250. The van der Waals surface area contributed by atoms with Crippen LogP contribution in [0.5, 0.6) is 5.75 Å². The van der Waals surface area contributed by atoms with Crippen LogP contribution >= 0.6 is 22.6 Å². The second-order valence-electron chi connectivity index (χ2n) is 3.66. The van der Waals surface area contributed by atoms with E-state index in [9.17, 15) is 0 Å². The van der Waals surface area contributed by atoms with E-state index in [2.05, 4.69) is 27.7 Å². The van der Waals surface area contributed by atoms with Crippen molar-refractivity contribution in [3.8, 4) is 5.75 Å². The summed E-state index contributed by atoms with van der Waals surface area (Å²) in [5.41, 5.74) is 6.95. The normalized spacial score (nSPS) is 12.4. The first-order chi connectivity index (χ1) is 8.24. The molecular weight excluding hydrogens is 329 g/mol. The van der Waals surface area contributed by atoms with Gasteiger partial charge in [0.2, 0.25) is 0 Å². The average molecular weight is 343 g/mol. The number of methoxy groups -OCH3 is 1. The topological polar surface area (TPSA) is 53.1 Å². The summed E-state index contributed by atoms with van der Waals surface area (Å²) in [6, 6.07) is 7.98. The molecule has 0 radical (unpaired) electrons. The molecule has 0 saturated heterocycles. The Kier molecular flexibility index (Phi) is 4.01. The van der Waals surface area contributed by atoms with Crippen LogP contribution in [-0.4, -0.2) is 23.4 Å². The van der Waals surface area contributed by atoms with Crippen LogP contribution in [0, 0.1) is 3.57 Å². The van der Waals surface area contributed by atoms with E-state index in [1.807, 2.05) is 41.3 Å². The third-order valence-electron chi connectivity index (χ3n) is 2.61. The summed E-state index contributed by atoms with van der Waals surface area (Å²) in [6.07, 6.45) is 3.81. The van der Waals surface area contributed by atoms with Gasteiger partial charge in [-0.3, -0.25) is 4.68 Å². The van der Waals surface area contributed by atoms with Gasteiger partial charge in [-0.05, 0) is 40.3 Å². The summed E-state index contributed by atoms with van der Waals surface area (Å²) < 4.78 is 8.14. The molecule has 0 bridgehead atoms. The predicted octanol–water partition coefficient (Wildman–Crippen LogP) is 2.04. The van der Waals surface area contributed by atoms with Gasteiger partial charge in [0.1, 0.15) is 5.75 Å². The zero-order chi connectivity index (χ0) is 12.3. The Labute approximate surface area is 114 Å². The fourth-order valence-corrected chi connectivity index (χ4v) is 2.12. The number of benzene rings is 1. The van der Waals surface area contributed by atoms with E-state index in [1.165, 1.54) is 0 Å². The quantitative estimate of drug-likeness (QED) is 0.865. The highest BCUT2D eigenvalue weighted by Gasteiger charge is 2.12. The fourth-order valence-electron chi connectivity index (χ4n) is 1.71. The number of halogens is 1. The lowest BCUT2D eigenvalue weighted by Gasteiger charge is -2.16. The SMILES string of the molecule is COc1ccc(C(CN)n2cc(I)cn2)cc1. The van der Waals surface area contributed by atoms with Gasteiger partial charge in [0.15, 0.2) is 0 Å². The molecule has 2 rings (SSSR count). The molecule has 90 valence electrons. The van der Waals surface area contributed by atoms with Crippen LogP contribution in [0.25, 0.3) is 0 Å². The van der Waals surface area contributed by atoms with Crippen molar-refractivity contribution in [2.75, 3.05) is 13.7 Å². The Morgan fingerprint density at radius 2 is 2.12 bits per heavy atom. The van der Waals surface area contributed by atoms with E-state index >= 15 is 0 Å². The van der Waals surface area contributed by atoms with Gasteiger partial charge in [0.05, 0.1) is 22.9 Å². The van der Waals surface area contributed by atoms with Crippen molar-refractivity contribution in [1.29, 1.82) is 0 Å². The van der Waals surface area contributed by atoms with Gasteiger partial charge in [-0.25, -0.2) is 0 Å². The van der Waals surface area contributed by atoms with Crippen LogP contribution in [0.2, 0.25) is 0 Å². The minimum absolute atomic E-state index is 0.0735. The first-order valence-corrected chi connectivity index (χ1v) is 6.36. The molecule has 17 heavy (non-hydrogen) atoms. The van der Waals surface area contributed by atoms with Crippen molar-refractivity contribution in [3.63, 3.8) is 0 Å². The smallest absolute Gasteiger partial charge is 0.118 e. The van der Waals surface area contributed by atoms with Gasteiger partial charge in [-0.1, -0.05) is 12.1 Å². The van der Waals surface area contributed by atoms with Crippen LogP contribution in [-0.2, 0) is 0 Å². The van der Waals surface area contributed by atoms with E-state index in [-0.39, 0.29) is 6.04 Å². The Bertz CT molecular complexity index is 481. The maximum Gasteiger partial charge on any atom is 0.118 e. The van der Waals surface area contributed by atoms with E-state index < -0.39 is 0 Å². The summed E-state index contributed by atoms with van der Waals surface area (Å²) in [4.78, 5) is 0. The average Bonchev–Trinajstić information content (AvgIpc) is 2.78. The highest BCUT2D eigenvalue weighted by Crippen LogP contribution is 2.20. The molecule has 0 aliphatic heterocycles. The highest BCUT2D eigenvalue weighted by molar-refractivity contribution is 14.1. The number of hydrogen-bond donors (Lipinski definition) is 1. The lowest BCUT2D eigenvalue weighted by atomic mass is 10.1. The molecule has 0 spiro atoms. The Morgan fingerprint density at radius 3 is 2.59 bits per heavy atom. The van der Waals surface area contributed by atoms with Gasteiger partial charge >= 0.3 is 0 Å². The van der Waals surface area contributed by atoms with E-state index in [0.29, 0.717) is 6.54 Å². The Hall–Kier alpha value is -1.08. The number of hydrogen-bond acceptors (Lipinski definition) is 3. The van der Waals surface area contributed by atoms with Crippen molar-refractivity contribution in [2.24, 2.45) is 5.73 Å². The molecule has 1 aromatic heterocycles. The van der Waals surface area contributed by atoms with E-state index in [1.54, 1.807) is 7.11 Å². The Morgan fingerprint density at radius 1 is 1.41 bits per heavy atom. The molecule has 5 heteroatoms. The van der Waals surface area contributed by atoms with Crippen LogP contribution in [0.4, 0.5) is 0 Å². The number of aromatic nitrogens is 2. The second-order valence-corrected chi connectivity index (χ2v) is 4.91. The monoisotopic (exact) mass is 343 g/mol. The summed E-state index contributed by atoms with van der Waals surface area (Å²) in [5.74, 6) is 0.847. The second kappa shape index (κ2) is 5.50. The third kappa shape index (κ3) is 2.78. The summed E-state index contributed by atoms with van der Waals surface area (Å²) in [7, 11) is 1.66. The first kappa shape index (κ1) is 12.4. The van der Waals surface area contributed by atoms with E-state index in [0.717, 1.165) is 14.9 Å². The zero-order valence-electron chi connectivity index (χ0n) is 9.51. The van der Waals surface area contributed by atoms with Crippen LogP contribution in [0.1, 0.15) is 11.6 Å². The highest BCUT2D eigenvalue weighted by atomic mass is 127. The molecule has 2 N–H and O–H groups in total. The van der Waals surface area contributed by atoms with Crippen LogP contribution in [0.3, 0.4) is 0 Å². The van der Waals surface area contributed by atoms with Gasteiger partial charge in [0, 0.05) is 12.7 Å². The number of ether oxygens (including phenoxy) is 1. The molecule has 1 heterocycles. The Balaban J connectivity index is 2.28. The van der Waals surface area contributed by atoms with Gasteiger partial charge in [-0.15, -0.1) is 0 Å². The van der Waals surface area contributed by atoms with Gasteiger partial charge in [-0.2, -0.15) is 5.10 Å². The molecule has 1 atom stereocenters. The maximum absolute atomic E-state index is 5.82. The lowest BCUT2D eigenvalue weighted by molar-refractivity contribution is 0.414. The zero-order valence-corrected chi connectivity index (χ0v) is 11.7. The molecule has 0 aliphatic rings. The van der Waals surface area contributed by atoms with E-state index in [4.69, 9.17) is 10.5 Å². The lowest BCUT2D eigenvalue weighted by Crippen LogP contribution is -2.20. The van der Waals surface area contributed by atoms with Crippen molar-refractivity contribution >= 4 is 22.6 Å². The molecule has 1 unspecified atom stereocenters. The summed E-state index contributed by atoms with van der Waals surface area (Å²) in [6.45, 7) is 0.518. The molecule has 0 amide bonds. The van der Waals surface area contributed by atoms with Crippen molar-refractivity contribution in [1.82, 2.24) is 9.78 Å². The molecule has 0 aliphatic carbocycles. The molecule has 4 nitrogen and oxygen atoms in total. The molecule has 0 fully saturated rings. The van der Waals surface area contributed by atoms with Crippen LogP contribution in [0.15, 0.2) is 36.7 Å². The van der Waals surface area contributed by atoms with Gasteiger partial charge in [0.25, 0.3) is 0 Å². The minimum atomic E-state index is 0.0735. The largest absolute Gasteiger partial charge is 0.497 e. The van der Waals surface area contributed by atoms with Crippen molar-refractivity contribution < 1.29 is 4.74 Å². The molecule has 1 aromatic carbocycles. The predicted molar refractivity (Wildman–Crippen MR) is 75.1 cm³/mol. The van der Waals surface area contributed by atoms with Gasteiger partial charge < -0.3 is 10.5 Å². The molecule has 2 aromatic rings. The van der Waals surface area contributed by atoms with Crippen molar-refractivity contribution in [2.45, 2.75) is 6.04 Å². The maximum atomic E-state index is 5.82. The molecular formula is C12H14IN3O. The summed E-state index contributed by atoms with van der Waals surface area (Å²) in [5, 5.41) is 4.30. The number of rotatable bonds is 4. The third-order valence-corrected chi connectivity index (χ3v) is 3.17.